The van der Waals surface area contributed by atoms with Crippen LogP contribution in [0.2, 0.25) is 0 Å². The fourth-order valence-electron chi connectivity index (χ4n) is 2.76. The molecule has 1 unspecified atom stereocenters. The molecule has 1 atom stereocenters. The standard InChI is InChI=1S/C18H23NO4S2/c1-11-9-13(15-12(2)10-24-16(15)17(20)23-6)7-8-14(11)19(25(21)22)18(3,4)5/h7-10H,1-6H3,(H,21,22). The van der Waals surface area contributed by atoms with E-state index >= 15 is 0 Å². The SMILES string of the molecule is COC(=O)c1scc(C)c1-c1ccc(N(S(=O)O)C(C)(C)C)c(C)c1. The summed E-state index contributed by atoms with van der Waals surface area (Å²) in [5.41, 5.74) is 3.76. The zero-order valence-electron chi connectivity index (χ0n) is 15.2. The summed E-state index contributed by atoms with van der Waals surface area (Å²) in [6.45, 7) is 9.49. The van der Waals surface area contributed by atoms with Gasteiger partial charge in [0.15, 0.2) is 0 Å². The van der Waals surface area contributed by atoms with E-state index in [1.807, 2.05) is 58.2 Å². The van der Waals surface area contributed by atoms with E-state index in [2.05, 4.69) is 0 Å². The Morgan fingerprint density at radius 3 is 2.36 bits per heavy atom. The van der Waals surface area contributed by atoms with Crippen molar-refractivity contribution in [3.8, 4) is 11.1 Å². The predicted molar refractivity (Wildman–Crippen MR) is 104 cm³/mol. The first-order valence-corrected chi connectivity index (χ1v) is 9.71. The van der Waals surface area contributed by atoms with Gasteiger partial charge in [-0.3, -0.25) is 8.86 Å². The quantitative estimate of drug-likeness (QED) is 0.623. The summed E-state index contributed by atoms with van der Waals surface area (Å²) in [7, 11) is 1.37. The van der Waals surface area contributed by atoms with Gasteiger partial charge in [-0.25, -0.2) is 9.00 Å². The highest BCUT2D eigenvalue weighted by Gasteiger charge is 2.28. The molecule has 0 radical (unpaired) electrons. The van der Waals surface area contributed by atoms with Crippen LogP contribution in [0.15, 0.2) is 23.6 Å². The topological polar surface area (TPSA) is 66.8 Å². The molecule has 25 heavy (non-hydrogen) atoms. The third-order valence-electron chi connectivity index (χ3n) is 3.82. The molecule has 0 bridgehead atoms. The molecule has 1 aromatic carbocycles. The summed E-state index contributed by atoms with van der Waals surface area (Å²) < 4.78 is 27.9. The molecule has 0 fully saturated rings. The zero-order valence-corrected chi connectivity index (χ0v) is 16.9. The highest BCUT2D eigenvalue weighted by molar-refractivity contribution is 7.80. The van der Waals surface area contributed by atoms with Gasteiger partial charge in [0.2, 0.25) is 0 Å². The Hall–Kier alpha value is -1.70. The fraction of sp³-hybridized carbons (Fsp3) is 0.389. The molecule has 0 spiro atoms. The van der Waals surface area contributed by atoms with Gasteiger partial charge in [-0.05, 0) is 68.8 Å². The lowest BCUT2D eigenvalue weighted by atomic mass is 9.98. The molecule has 5 nitrogen and oxygen atoms in total. The molecular weight excluding hydrogens is 358 g/mol. The van der Waals surface area contributed by atoms with Gasteiger partial charge in [0.25, 0.3) is 11.3 Å². The summed E-state index contributed by atoms with van der Waals surface area (Å²) in [6.07, 6.45) is 0. The van der Waals surface area contributed by atoms with Gasteiger partial charge >= 0.3 is 5.97 Å². The molecular formula is C18H23NO4S2. The zero-order chi connectivity index (χ0) is 18.9. The van der Waals surface area contributed by atoms with Crippen molar-refractivity contribution in [1.29, 1.82) is 0 Å². The van der Waals surface area contributed by atoms with E-state index in [9.17, 15) is 13.6 Å². The third kappa shape index (κ3) is 3.94. The number of carbonyl (C=O) groups excluding carboxylic acids is 1. The molecule has 136 valence electrons. The molecule has 0 amide bonds. The van der Waals surface area contributed by atoms with Crippen LogP contribution in [0.1, 0.15) is 41.6 Å². The first-order valence-electron chi connectivity index (χ1n) is 7.76. The lowest BCUT2D eigenvalue weighted by Crippen LogP contribution is -2.42. The molecule has 0 aliphatic carbocycles. The summed E-state index contributed by atoms with van der Waals surface area (Å²) in [5.74, 6) is -0.359. The number of anilines is 1. The fourth-order valence-corrected chi connectivity index (χ4v) is 4.59. The number of rotatable bonds is 4. The number of esters is 1. The van der Waals surface area contributed by atoms with Gasteiger partial charge in [-0.1, -0.05) is 6.07 Å². The van der Waals surface area contributed by atoms with Gasteiger partial charge < -0.3 is 4.74 Å². The van der Waals surface area contributed by atoms with E-state index in [4.69, 9.17) is 4.74 Å². The maximum atomic E-state index is 12.0. The lowest BCUT2D eigenvalue weighted by molar-refractivity contribution is 0.0607. The van der Waals surface area contributed by atoms with Crippen LogP contribution in [0.3, 0.4) is 0 Å². The van der Waals surface area contributed by atoms with Crippen LogP contribution in [0.25, 0.3) is 11.1 Å². The van der Waals surface area contributed by atoms with Crippen LogP contribution >= 0.6 is 11.3 Å². The van der Waals surface area contributed by atoms with Crippen molar-refractivity contribution < 1.29 is 18.3 Å². The second kappa shape index (κ2) is 7.27. The number of nitrogens with zero attached hydrogens (tertiary/aromatic N) is 1. The number of benzene rings is 1. The smallest absolute Gasteiger partial charge is 0.348 e. The van der Waals surface area contributed by atoms with Crippen molar-refractivity contribution >= 4 is 34.3 Å². The molecule has 2 rings (SSSR count). The van der Waals surface area contributed by atoms with E-state index in [-0.39, 0.29) is 5.97 Å². The molecule has 0 saturated carbocycles. The molecule has 1 aromatic heterocycles. The Morgan fingerprint density at radius 1 is 1.24 bits per heavy atom. The molecule has 0 aliphatic heterocycles. The maximum absolute atomic E-state index is 12.0. The van der Waals surface area contributed by atoms with E-state index in [0.717, 1.165) is 22.3 Å². The second-order valence-corrected chi connectivity index (χ2v) is 8.52. The number of thiophene rings is 1. The summed E-state index contributed by atoms with van der Waals surface area (Å²) in [5, 5.41) is 1.93. The lowest BCUT2D eigenvalue weighted by Gasteiger charge is -2.34. The van der Waals surface area contributed by atoms with Crippen molar-refractivity contribution in [2.75, 3.05) is 11.4 Å². The van der Waals surface area contributed by atoms with Crippen LogP contribution in [0.4, 0.5) is 5.69 Å². The van der Waals surface area contributed by atoms with Crippen LogP contribution < -0.4 is 4.31 Å². The molecule has 0 aliphatic rings. The number of hydrogen-bond donors (Lipinski definition) is 1. The van der Waals surface area contributed by atoms with E-state index < -0.39 is 16.8 Å². The highest BCUT2D eigenvalue weighted by atomic mass is 32.2. The summed E-state index contributed by atoms with van der Waals surface area (Å²) >= 11 is -0.778. The largest absolute Gasteiger partial charge is 0.465 e. The average Bonchev–Trinajstić information content (AvgIpc) is 2.88. The molecule has 0 saturated heterocycles. The Kier molecular flexibility index (Phi) is 5.71. The minimum Gasteiger partial charge on any atom is -0.465 e. The maximum Gasteiger partial charge on any atom is 0.348 e. The molecule has 7 heteroatoms. The van der Waals surface area contributed by atoms with Crippen molar-refractivity contribution in [1.82, 2.24) is 0 Å². The Labute approximate surface area is 155 Å². The first kappa shape index (κ1) is 19.6. The number of hydrogen-bond acceptors (Lipinski definition) is 4. The Bertz CT molecular complexity index is 821. The molecule has 1 heterocycles. The van der Waals surface area contributed by atoms with Crippen LogP contribution in [0.5, 0.6) is 0 Å². The number of ether oxygens (including phenoxy) is 1. The van der Waals surface area contributed by atoms with E-state index in [1.54, 1.807) is 0 Å². The normalized spacial score (nSPS) is 12.8. The minimum absolute atomic E-state index is 0.359. The van der Waals surface area contributed by atoms with E-state index in [0.29, 0.717) is 10.6 Å². The average molecular weight is 382 g/mol. The summed E-state index contributed by atoms with van der Waals surface area (Å²) in [4.78, 5) is 12.6. The van der Waals surface area contributed by atoms with Gasteiger partial charge in [-0.15, -0.1) is 11.3 Å². The number of carbonyl (C=O) groups is 1. The van der Waals surface area contributed by atoms with Crippen molar-refractivity contribution in [2.24, 2.45) is 0 Å². The van der Waals surface area contributed by atoms with Gasteiger partial charge in [0.05, 0.1) is 12.8 Å². The van der Waals surface area contributed by atoms with Gasteiger partial charge in [-0.2, -0.15) is 0 Å². The third-order valence-corrected chi connectivity index (χ3v) is 5.95. The van der Waals surface area contributed by atoms with Gasteiger partial charge in [0, 0.05) is 11.1 Å². The second-order valence-electron chi connectivity index (χ2n) is 6.81. The number of aryl methyl sites for hydroxylation is 2. The Morgan fingerprint density at radius 2 is 1.88 bits per heavy atom. The highest BCUT2D eigenvalue weighted by Crippen LogP contribution is 2.36. The van der Waals surface area contributed by atoms with Gasteiger partial charge in [0.1, 0.15) is 4.88 Å². The summed E-state index contributed by atoms with van der Waals surface area (Å²) in [6, 6.07) is 5.63. The van der Waals surface area contributed by atoms with Crippen LogP contribution in [-0.2, 0) is 16.0 Å². The number of methoxy groups -OCH3 is 1. The van der Waals surface area contributed by atoms with Crippen molar-refractivity contribution in [3.05, 3.63) is 39.6 Å². The molecule has 1 N–H and O–H groups in total. The first-order chi connectivity index (χ1) is 11.6. The minimum atomic E-state index is -2.13. The molecule has 2 aromatic rings. The Balaban J connectivity index is 2.57. The monoisotopic (exact) mass is 381 g/mol. The van der Waals surface area contributed by atoms with Crippen LogP contribution in [-0.4, -0.2) is 27.4 Å². The van der Waals surface area contributed by atoms with Crippen LogP contribution in [0, 0.1) is 13.8 Å². The van der Waals surface area contributed by atoms with E-state index in [1.165, 1.54) is 22.8 Å². The van der Waals surface area contributed by atoms with Crippen molar-refractivity contribution in [3.63, 3.8) is 0 Å². The predicted octanol–water partition coefficient (Wildman–Crippen LogP) is 4.56. The van der Waals surface area contributed by atoms with Crippen molar-refractivity contribution in [2.45, 2.75) is 40.2 Å².